The third-order valence-electron chi connectivity index (χ3n) is 7.44. The number of piperidine rings is 1. The Balaban J connectivity index is 1.36. The van der Waals surface area contributed by atoms with Crippen LogP contribution in [0.3, 0.4) is 0 Å². The van der Waals surface area contributed by atoms with Crippen molar-refractivity contribution in [3.8, 4) is 0 Å². The zero-order valence-corrected chi connectivity index (χ0v) is 20.4. The van der Waals surface area contributed by atoms with Gasteiger partial charge in [-0.2, -0.15) is 0 Å². The number of aromatic nitrogens is 5. The molecule has 0 radical (unpaired) electrons. The van der Waals surface area contributed by atoms with Crippen molar-refractivity contribution in [3.05, 3.63) is 71.7 Å². The van der Waals surface area contributed by atoms with Crippen molar-refractivity contribution in [1.29, 1.82) is 0 Å². The molecule has 6 rings (SSSR count). The molecule has 2 atom stereocenters. The fourth-order valence-corrected chi connectivity index (χ4v) is 5.29. The number of anilines is 2. The molecule has 8 nitrogen and oxygen atoms in total. The Morgan fingerprint density at radius 3 is 2.86 bits per heavy atom. The number of nitrogen functional groups attached to an aromatic ring is 1. The number of hydrogen-bond donors (Lipinski definition) is 2. The van der Waals surface area contributed by atoms with Gasteiger partial charge in [-0.15, -0.1) is 0 Å². The van der Waals surface area contributed by atoms with Gasteiger partial charge < -0.3 is 20.9 Å². The van der Waals surface area contributed by atoms with E-state index in [0.717, 1.165) is 42.0 Å². The SMILES string of the molecule is CC(F)c1cccc([C@@]2(N)CCCN(c3cnc(C4CC4)cc3Cn3cnc4c(N)nccc43)C2)n1. The molecule has 1 unspecified atom stereocenters. The van der Waals surface area contributed by atoms with Gasteiger partial charge in [0.1, 0.15) is 11.7 Å². The number of nitrogens with two attached hydrogens (primary N) is 2. The molecule has 0 spiro atoms. The van der Waals surface area contributed by atoms with E-state index >= 15 is 0 Å². The van der Waals surface area contributed by atoms with E-state index in [9.17, 15) is 4.39 Å². The minimum absolute atomic E-state index is 0.423. The van der Waals surface area contributed by atoms with E-state index in [4.69, 9.17) is 16.5 Å². The summed E-state index contributed by atoms with van der Waals surface area (Å²) in [5, 5.41) is 0. The van der Waals surface area contributed by atoms with Crippen molar-refractivity contribution in [3.63, 3.8) is 0 Å². The van der Waals surface area contributed by atoms with Gasteiger partial charge in [0.15, 0.2) is 5.82 Å². The monoisotopic (exact) mass is 486 g/mol. The fourth-order valence-electron chi connectivity index (χ4n) is 5.29. The number of fused-ring (bicyclic) bond motifs is 1. The first-order valence-corrected chi connectivity index (χ1v) is 12.6. The lowest BCUT2D eigenvalue weighted by atomic mass is 9.85. The lowest BCUT2D eigenvalue weighted by Gasteiger charge is -2.41. The van der Waals surface area contributed by atoms with Crippen molar-refractivity contribution >= 4 is 22.5 Å². The van der Waals surface area contributed by atoms with Crippen molar-refractivity contribution < 1.29 is 4.39 Å². The van der Waals surface area contributed by atoms with E-state index in [1.807, 2.05) is 30.7 Å². The van der Waals surface area contributed by atoms with Gasteiger partial charge in [0.25, 0.3) is 0 Å². The second-order valence-electron chi connectivity index (χ2n) is 10.2. The van der Waals surface area contributed by atoms with E-state index in [1.165, 1.54) is 25.3 Å². The molecule has 4 aromatic heterocycles. The van der Waals surface area contributed by atoms with Crippen molar-refractivity contribution in [2.45, 2.75) is 56.8 Å². The molecule has 9 heteroatoms. The molecule has 1 aliphatic heterocycles. The summed E-state index contributed by atoms with van der Waals surface area (Å²) >= 11 is 0. The maximum absolute atomic E-state index is 14.0. The third kappa shape index (κ3) is 4.17. The van der Waals surface area contributed by atoms with Crippen LogP contribution < -0.4 is 16.4 Å². The second-order valence-corrected chi connectivity index (χ2v) is 10.2. The average Bonchev–Trinajstić information content (AvgIpc) is 3.66. The number of nitrogens with zero attached hydrogens (tertiary/aromatic N) is 6. The number of halogens is 1. The zero-order chi connectivity index (χ0) is 24.9. The molecule has 0 amide bonds. The van der Waals surface area contributed by atoms with Crippen LogP contribution in [0.15, 0.2) is 49.1 Å². The first-order valence-electron chi connectivity index (χ1n) is 12.6. The van der Waals surface area contributed by atoms with Crippen LogP contribution in [0.4, 0.5) is 15.9 Å². The van der Waals surface area contributed by atoms with Crippen molar-refractivity contribution in [2.75, 3.05) is 23.7 Å². The molecular weight excluding hydrogens is 455 g/mol. The van der Waals surface area contributed by atoms with Gasteiger partial charge in [-0.25, -0.2) is 14.4 Å². The summed E-state index contributed by atoms with van der Waals surface area (Å²) in [6.07, 6.45) is 8.48. The molecule has 1 saturated carbocycles. The predicted octanol–water partition coefficient (Wildman–Crippen LogP) is 4.21. The second kappa shape index (κ2) is 8.81. The van der Waals surface area contributed by atoms with Gasteiger partial charge in [0.05, 0.1) is 47.2 Å². The van der Waals surface area contributed by atoms with Crippen molar-refractivity contribution in [1.82, 2.24) is 24.5 Å². The highest BCUT2D eigenvalue weighted by molar-refractivity contribution is 5.84. The molecule has 0 bridgehead atoms. The molecule has 0 aromatic carbocycles. The molecule has 36 heavy (non-hydrogen) atoms. The molecule has 1 aliphatic carbocycles. The van der Waals surface area contributed by atoms with Crippen LogP contribution in [0.2, 0.25) is 0 Å². The summed E-state index contributed by atoms with van der Waals surface area (Å²) in [6, 6.07) is 9.66. The molecule has 2 aliphatic rings. The molecule has 5 heterocycles. The van der Waals surface area contributed by atoms with E-state index in [-0.39, 0.29) is 0 Å². The largest absolute Gasteiger partial charge is 0.382 e. The predicted molar refractivity (Wildman–Crippen MR) is 138 cm³/mol. The van der Waals surface area contributed by atoms with Gasteiger partial charge in [0, 0.05) is 30.9 Å². The van der Waals surface area contributed by atoms with E-state index in [2.05, 4.69) is 30.5 Å². The maximum atomic E-state index is 14.0. The molecule has 186 valence electrons. The highest BCUT2D eigenvalue weighted by atomic mass is 19.1. The molecule has 2 fully saturated rings. The van der Waals surface area contributed by atoms with E-state index in [1.54, 1.807) is 12.3 Å². The fraction of sp³-hybridized carbons (Fsp3) is 0.407. The van der Waals surface area contributed by atoms with Crippen LogP contribution in [0.1, 0.15) is 67.3 Å². The van der Waals surface area contributed by atoms with Gasteiger partial charge in [-0.05, 0) is 62.4 Å². The number of rotatable bonds is 6. The van der Waals surface area contributed by atoms with Crippen LogP contribution in [-0.2, 0) is 12.1 Å². The van der Waals surface area contributed by atoms with Crippen LogP contribution in [0.5, 0.6) is 0 Å². The van der Waals surface area contributed by atoms with Crippen LogP contribution >= 0.6 is 0 Å². The first kappa shape index (κ1) is 22.8. The molecule has 1 saturated heterocycles. The molecular formula is C27H31FN8. The highest BCUT2D eigenvalue weighted by Gasteiger charge is 2.36. The Kier molecular flexibility index (Phi) is 5.59. The average molecular weight is 487 g/mol. The Bertz CT molecular complexity index is 1410. The smallest absolute Gasteiger partial charge is 0.151 e. The number of hydrogen-bond acceptors (Lipinski definition) is 7. The van der Waals surface area contributed by atoms with Gasteiger partial charge in [-0.3, -0.25) is 9.97 Å². The quantitative estimate of drug-likeness (QED) is 0.420. The Morgan fingerprint density at radius 1 is 1.19 bits per heavy atom. The minimum Gasteiger partial charge on any atom is -0.382 e. The first-order chi connectivity index (χ1) is 17.4. The lowest BCUT2D eigenvalue weighted by molar-refractivity contribution is 0.334. The summed E-state index contributed by atoms with van der Waals surface area (Å²) in [5.74, 6) is 0.975. The summed E-state index contributed by atoms with van der Waals surface area (Å²) in [7, 11) is 0. The Hall–Kier alpha value is -3.59. The summed E-state index contributed by atoms with van der Waals surface area (Å²) in [4.78, 5) is 20.4. The van der Waals surface area contributed by atoms with Gasteiger partial charge >= 0.3 is 0 Å². The molecule has 4 N–H and O–H groups in total. The van der Waals surface area contributed by atoms with Crippen LogP contribution in [-0.4, -0.2) is 37.6 Å². The maximum Gasteiger partial charge on any atom is 0.151 e. The summed E-state index contributed by atoms with van der Waals surface area (Å²) in [6.45, 7) is 3.60. The zero-order valence-electron chi connectivity index (χ0n) is 20.4. The number of imidazole rings is 1. The molecule has 4 aromatic rings. The van der Waals surface area contributed by atoms with Gasteiger partial charge in [-0.1, -0.05) is 6.07 Å². The van der Waals surface area contributed by atoms with Crippen LogP contribution in [0, 0.1) is 0 Å². The minimum atomic E-state index is -1.13. The van der Waals surface area contributed by atoms with Crippen molar-refractivity contribution in [2.24, 2.45) is 5.73 Å². The van der Waals surface area contributed by atoms with Crippen LogP contribution in [0.25, 0.3) is 11.0 Å². The summed E-state index contributed by atoms with van der Waals surface area (Å²) in [5.41, 5.74) is 18.5. The lowest BCUT2D eigenvalue weighted by Crippen LogP contribution is -2.52. The Morgan fingerprint density at radius 2 is 2.06 bits per heavy atom. The van der Waals surface area contributed by atoms with E-state index < -0.39 is 11.7 Å². The summed E-state index contributed by atoms with van der Waals surface area (Å²) < 4.78 is 16.1. The number of alkyl halides is 1. The standard InChI is InChI=1S/C27H31FN8/c1-17(28)20-4-2-5-24(34-20)27(30)9-3-11-35(15-27)23-13-32-21(18-6-7-18)12-19(23)14-36-16-33-25-22(36)8-10-31-26(25)29/h2,4-5,8,10,12-13,16-18H,3,6-7,9,11,14-15,30H2,1H3,(H2,29,31)/t17?,27-/m1/s1. The third-order valence-corrected chi connectivity index (χ3v) is 7.44. The van der Waals surface area contributed by atoms with Gasteiger partial charge in [0.2, 0.25) is 0 Å². The Labute approximate surface area is 209 Å². The topological polar surface area (TPSA) is 112 Å². The van der Waals surface area contributed by atoms with E-state index in [0.29, 0.717) is 36.0 Å². The normalized spacial score (nSPS) is 21.1. The highest BCUT2D eigenvalue weighted by Crippen LogP contribution is 2.41. The number of pyridine rings is 3.